The van der Waals surface area contributed by atoms with Gasteiger partial charge in [0.15, 0.2) is 0 Å². The van der Waals surface area contributed by atoms with Crippen molar-refractivity contribution >= 4 is 15.9 Å². The molecule has 3 rings (SSSR count). The highest BCUT2D eigenvalue weighted by Gasteiger charge is 2.45. The first-order valence-corrected chi connectivity index (χ1v) is 11.3. The minimum atomic E-state index is -3.48. The second kappa shape index (κ2) is 7.89. The summed E-state index contributed by atoms with van der Waals surface area (Å²) in [5.74, 6) is -0.387. The summed E-state index contributed by atoms with van der Waals surface area (Å²) >= 11 is 0. The molecule has 0 aliphatic carbocycles. The van der Waals surface area contributed by atoms with E-state index in [0.29, 0.717) is 12.5 Å². The van der Waals surface area contributed by atoms with E-state index in [0.717, 1.165) is 42.6 Å². The first kappa shape index (κ1) is 20.3. The molecule has 27 heavy (non-hydrogen) atoms. The van der Waals surface area contributed by atoms with Crippen LogP contribution in [0.25, 0.3) is 0 Å². The number of hydrogen-bond acceptors (Lipinski definition) is 4. The molecule has 150 valence electrons. The van der Waals surface area contributed by atoms with Crippen LogP contribution in [-0.4, -0.2) is 56.8 Å². The molecule has 0 spiro atoms. The van der Waals surface area contributed by atoms with Crippen molar-refractivity contribution in [2.24, 2.45) is 23.5 Å². The summed E-state index contributed by atoms with van der Waals surface area (Å²) in [6.07, 6.45) is 1.99. The average Bonchev–Trinajstić information content (AvgIpc) is 3.05. The lowest BCUT2D eigenvalue weighted by Crippen LogP contribution is -2.38. The van der Waals surface area contributed by atoms with Gasteiger partial charge in [0.25, 0.3) is 0 Å². The molecule has 2 heterocycles. The van der Waals surface area contributed by atoms with Crippen molar-refractivity contribution < 1.29 is 13.2 Å². The quantitative estimate of drug-likeness (QED) is 0.822. The van der Waals surface area contributed by atoms with Crippen molar-refractivity contribution in [3.63, 3.8) is 0 Å². The van der Waals surface area contributed by atoms with E-state index in [2.05, 4.69) is 11.9 Å². The molecule has 0 aromatic heterocycles. The number of amides is 1. The van der Waals surface area contributed by atoms with Gasteiger partial charge in [0.1, 0.15) is 0 Å². The van der Waals surface area contributed by atoms with Gasteiger partial charge in [0.2, 0.25) is 15.9 Å². The molecule has 0 saturated carbocycles. The second-order valence-corrected chi connectivity index (χ2v) is 10.3. The molecule has 2 N–H and O–H groups in total. The molecular formula is C20H31N3O3S. The molecule has 2 saturated heterocycles. The Morgan fingerprint density at radius 2 is 1.81 bits per heavy atom. The number of nitrogens with zero attached hydrogens (tertiary/aromatic N) is 2. The average molecular weight is 394 g/mol. The van der Waals surface area contributed by atoms with Gasteiger partial charge in [-0.2, -0.15) is 0 Å². The molecule has 0 radical (unpaired) electrons. The number of carbonyl (C=O) groups is 1. The topological polar surface area (TPSA) is 83.7 Å². The van der Waals surface area contributed by atoms with Crippen LogP contribution in [0, 0.1) is 31.6 Å². The fourth-order valence-corrected chi connectivity index (χ4v) is 6.02. The van der Waals surface area contributed by atoms with Gasteiger partial charge >= 0.3 is 0 Å². The largest absolute Gasteiger partial charge is 0.369 e. The number of piperidine rings is 1. The molecule has 1 aromatic rings. The van der Waals surface area contributed by atoms with E-state index in [9.17, 15) is 13.2 Å². The minimum absolute atomic E-state index is 0.0280. The van der Waals surface area contributed by atoms with Crippen molar-refractivity contribution in [3.05, 3.63) is 34.9 Å². The molecule has 0 bridgehead atoms. The summed E-state index contributed by atoms with van der Waals surface area (Å²) in [6.45, 7) is 6.61. The Morgan fingerprint density at radius 3 is 2.41 bits per heavy atom. The van der Waals surface area contributed by atoms with Crippen LogP contribution in [-0.2, 0) is 20.6 Å². The molecule has 0 unspecified atom stereocenters. The number of aryl methyl sites for hydroxylation is 2. The Labute approximate surface area is 162 Å². The second-order valence-electron chi connectivity index (χ2n) is 8.31. The summed E-state index contributed by atoms with van der Waals surface area (Å²) in [5.41, 5.74) is 8.67. The first-order valence-electron chi connectivity index (χ1n) is 9.69. The lowest BCUT2D eigenvalue weighted by molar-refractivity contribution is -0.123. The Morgan fingerprint density at radius 1 is 1.15 bits per heavy atom. The van der Waals surface area contributed by atoms with E-state index in [4.69, 9.17) is 5.73 Å². The predicted octanol–water partition coefficient (Wildman–Crippen LogP) is 1.51. The maximum atomic E-state index is 13.0. The first-order chi connectivity index (χ1) is 12.7. The van der Waals surface area contributed by atoms with Crippen LogP contribution in [0.4, 0.5) is 0 Å². The summed E-state index contributed by atoms with van der Waals surface area (Å²) in [6, 6.07) is 5.76. The third kappa shape index (κ3) is 4.52. The van der Waals surface area contributed by atoms with E-state index >= 15 is 0 Å². The zero-order valence-electron chi connectivity index (χ0n) is 16.5. The molecular weight excluding hydrogens is 362 g/mol. The van der Waals surface area contributed by atoms with Crippen LogP contribution in [0.5, 0.6) is 0 Å². The van der Waals surface area contributed by atoms with Crippen LogP contribution in [0.15, 0.2) is 18.2 Å². The number of primary amides is 1. The van der Waals surface area contributed by atoms with Crippen LogP contribution >= 0.6 is 0 Å². The van der Waals surface area contributed by atoms with Gasteiger partial charge in [-0.15, -0.1) is 0 Å². The fraction of sp³-hybridized carbons (Fsp3) is 0.650. The zero-order valence-corrected chi connectivity index (χ0v) is 17.3. The summed E-state index contributed by atoms with van der Waals surface area (Å²) in [4.78, 5) is 14.3. The highest BCUT2D eigenvalue weighted by atomic mass is 32.2. The molecule has 2 atom stereocenters. The number of sulfonamides is 1. The van der Waals surface area contributed by atoms with Crippen LogP contribution in [0.1, 0.15) is 29.5 Å². The predicted molar refractivity (Wildman–Crippen MR) is 107 cm³/mol. The Balaban J connectivity index is 1.75. The number of likely N-dealkylation sites (tertiary alicyclic amines) is 1. The van der Waals surface area contributed by atoms with Gasteiger partial charge in [-0.1, -0.05) is 18.2 Å². The smallest absolute Gasteiger partial charge is 0.222 e. The summed E-state index contributed by atoms with van der Waals surface area (Å²) in [7, 11) is -1.38. The number of rotatable bonds is 5. The van der Waals surface area contributed by atoms with Gasteiger partial charge < -0.3 is 10.6 Å². The number of hydrogen-bond donors (Lipinski definition) is 1. The van der Waals surface area contributed by atoms with Crippen molar-refractivity contribution in [1.29, 1.82) is 0 Å². The Hall–Kier alpha value is -1.44. The normalized spacial score (nSPS) is 25.7. The number of benzene rings is 1. The summed E-state index contributed by atoms with van der Waals surface area (Å²) < 4.78 is 27.5. The number of carbonyl (C=O) groups excluding carboxylic acids is 1. The monoisotopic (exact) mass is 393 g/mol. The summed E-state index contributed by atoms with van der Waals surface area (Å²) in [5, 5.41) is 0. The van der Waals surface area contributed by atoms with Gasteiger partial charge in [-0.05, 0) is 75.4 Å². The molecule has 1 aromatic carbocycles. The van der Waals surface area contributed by atoms with Crippen LogP contribution in [0.3, 0.4) is 0 Å². The fourth-order valence-electron chi connectivity index (χ4n) is 4.45. The van der Waals surface area contributed by atoms with Crippen LogP contribution in [0.2, 0.25) is 0 Å². The third-order valence-corrected chi connectivity index (χ3v) is 8.16. The van der Waals surface area contributed by atoms with Crippen molar-refractivity contribution in [2.75, 3.05) is 33.2 Å². The van der Waals surface area contributed by atoms with E-state index in [1.54, 1.807) is 0 Å². The maximum Gasteiger partial charge on any atom is 0.222 e. The van der Waals surface area contributed by atoms with Gasteiger partial charge in [0.05, 0.1) is 11.7 Å². The standard InChI is InChI=1S/C20H31N3O3S/c1-14-4-5-16(10-15(14)2)13-27(25,26)23-11-18(19(12-23)20(21)24)17-6-8-22(3)9-7-17/h4-5,10,17-19H,6-9,11-13H2,1-3H3,(H2,21,24)/t18-,19+/m0/s1. The molecule has 7 heteroatoms. The van der Waals surface area contributed by atoms with E-state index in [-0.39, 0.29) is 30.0 Å². The van der Waals surface area contributed by atoms with Gasteiger partial charge in [-0.25, -0.2) is 12.7 Å². The van der Waals surface area contributed by atoms with E-state index in [1.165, 1.54) is 4.31 Å². The zero-order chi connectivity index (χ0) is 19.8. The van der Waals surface area contributed by atoms with E-state index < -0.39 is 10.0 Å². The van der Waals surface area contributed by atoms with Gasteiger partial charge in [-0.3, -0.25) is 4.79 Å². The Kier molecular flexibility index (Phi) is 5.93. The molecule has 2 aliphatic rings. The van der Waals surface area contributed by atoms with Gasteiger partial charge in [0, 0.05) is 13.1 Å². The molecule has 2 fully saturated rings. The SMILES string of the molecule is Cc1ccc(CS(=O)(=O)N2C[C@@H](C(N)=O)[C@H](C3CCN(C)CC3)C2)cc1C. The Bertz CT molecular complexity index is 801. The molecule has 6 nitrogen and oxygen atoms in total. The third-order valence-electron chi connectivity index (χ3n) is 6.38. The molecule has 2 aliphatic heterocycles. The van der Waals surface area contributed by atoms with Crippen molar-refractivity contribution in [1.82, 2.24) is 9.21 Å². The lowest BCUT2D eigenvalue weighted by atomic mass is 9.78. The highest BCUT2D eigenvalue weighted by molar-refractivity contribution is 7.88. The minimum Gasteiger partial charge on any atom is -0.369 e. The molecule has 1 amide bonds. The van der Waals surface area contributed by atoms with Crippen molar-refractivity contribution in [2.45, 2.75) is 32.4 Å². The van der Waals surface area contributed by atoms with E-state index in [1.807, 2.05) is 32.0 Å². The lowest BCUT2D eigenvalue weighted by Gasteiger charge is -2.34. The van der Waals surface area contributed by atoms with Crippen molar-refractivity contribution in [3.8, 4) is 0 Å². The highest BCUT2D eigenvalue weighted by Crippen LogP contribution is 2.37. The number of nitrogens with two attached hydrogens (primary N) is 1. The van der Waals surface area contributed by atoms with Crippen LogP contribution < -0.4 is 5.73 Å². The maximum absolute atomic E-state index is 13.0.